The molecule has 140 valence electrons. The Labute approximate surface area is 151 Å². The molecule has 0 unspecified atom stereocenters. The molecule has 26 heavy (non-hydrogen) atoms. The maximum absolute atomic E-state index is 12.7. The highest BCUT2D eigenvalue weighted by molar-refractivity contribution is 7.90. The fourth-order valence-electron chi connectivity index (χ4n) is 5.60. The van der Waals surface area contributed by atoms with Crippen LogP contribution in [-0.2, 0) is 10.0 Å². The lowest BCUT2D eigenvalue weighted by atomic mass is 9.53. The number of urea groups is 1. The fourth-order valence-corrected chi connectivity index (χ4v) is 6.55. The highest BCUT2D eigenvalue weighted by atomic mass is 32.2. The van der Waals surface area contributed by atoms with Crippen molar-refractivity contribution in [3.63, 3.8) is 0 Å². The number of carbonyl (C=O) groups is 1. The predicted molar refractivity (Wildman–Crippen MR) is 91.9 cm³/mol. The molecule has 0 atom stereocenters. The van der Waals surface area contributed by atoms with Crippen molar-refractivity contribution in [1.29, 1.82) is 0 Å². The number of sulfonamides is 1. The molecule has 4 aliphatic rings. The average Bonchev–Trinajstić information content (AvgIpc) is 2.53. The van der Waals surface area contributed by atoms with Gasteiger partial charge < -0.3 is 0 Å². The van der Waals surface area contributed by atoms with Gasteiger partial charge in [-0.25, -0.2) is 28.0 Å². The van der Waals surface area contributed by atoms with E-state index in [4.69, 9.17) is 0 Å². The van der Waals surface area contributed by atoms with Gasteiger partial charge in [-0.3, -0.25) is 0 Å². The molecule has 0 aliphatic heterocycles. The van der Waals surface area contributed by atoms with Gasteiger partial charge in [-0.1, -0.05) is 18.2 Å². The van der Waals surface area contributed by atoms with Gasteiger partial charge in [0.25, 0.3) is 10.0 Å². The summed E-state index contributed by atoms with van der Waals surface area (Å²) in [4.78, 5) is 24.3. The van der Waals surface area contributed by atoms with E-state index in [0.29, 0.717) is 42.0 Å². The molecule has 2 amide bonds. The summed E-state index contributed by atoms with van der Waals surface area (Å²) in [5, 5.41) is 11.6. The molecule has 8 nitrogen and oxygen atoms in total. The molecule has 4 bridgehead atoms. The first kappa shape index (κ1) is 17.3. The molecule has 4 saturated carbocycles. The van der Waals surface area contributed by atoms with Crippen molar-refractivity contribution in [3.05, 3.63) is 40.4 Å². The minimum Gasteiger partial charge on any atom is -0.242 e. The number of rotatable bonds is 4. The Kier molecular flexibility index (Phi) is 3.94. The predicted octanol–water partition coefficient (Wildman–Crippen LogP) is 2.55. The molecule has 0 radical (unpaired) electrons. The Morgan fingerprint density at radius 3 is 2.04 bits per heavy atom. The Hall–Kier alpha value is -2.16. The number of hydrogen-bond donors (Lipinski definition) is 1. The minimum absolute atomic E-state index is 0.0952. The Morgan fingerprint density at radius 1 is 1.08 bits per heavy atom. The molecule has 0 spiro atoms. The van der Waals surface area contributed by atoms with Crippen molar-refractivity contribution in [3.8, 4) is 0 Å². The molecule has 5 rings (SSSR count). The number of nitrogens with one attached hydrogen (secondary N) is 1. The zero-order chi connectivity index (χ0) is 18.5. The number of nitrogens with zero attached hydrogens (tertiary/aromatic N) is 2. The number of hydrogen-bond acceptors (Lipinski definition) is 5. The molecular weight excluding hydrogens is 358 g/mol. The molecule has 9 heteroatoms. The van der Waals surface area contributed by atoms with Crippen molar-refractivity contribution in [1.82, 2.24) is 9.73 Å². The summed E-state index contributed by atoms with van der Waals surface area (Å²) < 4.78 is 26.7. The summed E-state index contributed by atoms with van der Waals surface area (Å²) >= 11 is 0. The second-order valence-corrected chi connectivity index (χ2v) is 9.60. The molecule has 4 fully saturated rings. The molecule has 0 aromatic heterocycles. The molecular formula is C17H21N3O5S. The number of hydrazine groups is 1. The second kappa shape index (κ2) is 5.94. The van der Waals surface area contributed by atoms with Crippen molar-refractivity contribution in [2.24, 2.45) is 17.8 Å². The summed E-state index contributed by atoms with van der Waals surface area (Å²) in [6, 6.07) is 6.24. The topological polar surface area (TPSA) is 110 Å². The Morgan fingerprint density at radius 2 is 1.58 bits per heavy atom. The second-order valence-electron chi connectivity index (χ2n) is 7.92. The van der Waals surface area contributed by atoms with Crippen LogP contribution >= 0.6 is 0 Å². The van der Waals surface area contributed by atoms with E-state index in [9.17, 15) is 23.3 Å². The van der Waals surface area contributed by atoms with Crippen LogP contribution in [-0.4, -0.2) is 30.0 Å². The molecule has 1 N–H and O–H groups in total. The van der Waals surface area contributed by atoms with Gasteiger partial charge in [-0.05, 0) is 73.4 Å². The van der Waals surface area contributed by atoms with E-state index in [-0.39, 0.29) is 4.90 Å². The fraction of sp³-hybridized carbons (Fsp3) is 0.588. The lowest BCUT2D eigenvalue weighted by Crippen LogP contribution is -2.65. The molecule has 1 aromatic rings. The highest BCUT2D eigenvalue weighted by Gasteiger charge is 2.59. The lowest BCUT2D eigenvalue weighted by molar-refractivity contribution is -0.655. The third kappa shape index (κ3) is 2.84. The summed E-state index contributed by atoms with van der Waals surface area (Å²) in [5.74, 6) is 1.17. The van der Waals surface area contributed by atoms with Gasteiger partial charge in [0.15, 0.2) is 5.03 Å². The van der Waals surface area contributed by atoms with Gasteiger partial charge >= 0.3 is 6.03 Å². The number of nitro groups is 1. The quantitative estimate of drug-likeness (QED) is 0.638. The van der Waals surface area contributed by atoms with Gasteiger partial charge in [0.05, 0.1) is 4.90 Å². The average molecular weight is 379 g/mol. The zero-order valence-corrected chi connectivity index (χ0v) is 15.0. The largest absolute Gasteiger partial charge is 0.389 e. The van der Waals surface area contributed by atoms with Crippen LogP contribution in [0.15, 0.2) is 35.2 Å². The van der Waals surface area contributed by atoms with Gasteiger partial charge in [-0.15, -0.1) is 0 Å². The van der Waals surface area contributed by atoms with Crippen LogP contribution in [0.5, 0.6) is 0 Å². The Bertz CT molecular complexity index is 804. The van der Waals surface area contributed by atoms with E-state index < -0.39 is 26.6 Å². The van der Waals surface area contributed by atoms with E-state index >= 15 is 0 Å². The van der Waals surface area contributed by atoms with Crippen molar-refractivity contribution in [2.75, 3.05) is 0 Å². The SMILES string of the molecule is O=C(NS(=O)(=O)c1ccccc1)N([N+](=O)[O-])C12CC3CC(CC(C3)C1)C2. The summed E-state index contributed by atoms with van der Waals surface area (Å²) in [5.41, 5.74) is -0.867. The van der Waals surface area contributed by atoms with Crippen LogP contribution in [0.25, 0.3) is 0 Å². The van der Waals surface area contributed by atoms with Crippen LogP contribution in [0.1, 0.15) is 38.5 Å². The standard InChI is InChI=1S/C17H21N3O5S/c21-16(18-26(24,25)15-4-2-1-3-5-15)19(20(22)23)17-9-12-6-13(10-17)8-14(7-12)11-17/h1-5,12-14H,6-11H2,(H,18,21). The third-order valence-electron chi connectivity index (χ3n) is 6.09. The van der Waals surface area contributed by atoms with E-state index in [1.807, 2.05) is 4.72 Å². The molecule has 0 heterocycles. The third-order valence-corrected chi connectivity index (χ3v) is 7.42. The van der Waals surface area contributed by atoms with Gasteiger partial charge in [0, 0.05) is 0 Å². The van der Waals surface area contributed by atoms with E-state index in [1.54, 1.807) is 6.07 Å². The van der Waals surface area contributed by atoms with Gasteiger partial charge in [-0.2, -0.15) is 0 Å². The summed E-state index contributed by atoms with van der Waals surface area (Å²) in [7, 11) is -4.16. The molecule has 4 aliphatic carbocycles. The van der Waals surface area contributed by atoms with Crippen LogP contribution < -0.4 is 4.72 Å². The Balaban J connectivity index is 1.61. The van der Waals surface area contributed by atoms with Gasteiger partial charge in [0.1, 0.15) is 5.54 Å². The number of amides is 2. The van der Waals surface area contributed by atoms with Gasteiger partial charge in [0.2, 0.25) is 0 Å². The van der Waals surface area contributed by atoms with Crippen molar-refractivity contribution < 1.29 is 18.2 Å². The smallest absolute Gasteiger partial charge is 0.242 e. The minimum atomic E-state index is -4.16. The maximum atomic E-state index is 12.7. The maximum Gasteiger partial charge on any atom is 0.389 e. The lowest BCUT2D eigenvalue weighted by Gasteiger charge is -2.56. The monoisotopic (exact) mass is 379 g/mol. The first-order valence-electron chi connectivity index (χ1n) is 8.85. The van der Waals surface area contributed by atoms with Crippen LogP contribution in [0.2, 0.25) is 0 Å². The first-order valence-corrected chi connectivity index (χ1v) is 10.3. The van der Waals surface area contributed by atoms with Crippen LogP contribution in [0.4, 0.5) is 4.79 Å². The van der Waals surface area contributed by atoms with Crippen LogP contribution in [0.3, 0.4) is 0 Å². The van der Waals surface area contributed by atoms with E-state index in [1.165, 1.54) is 24.3 Å². The highest BCUT2D eigenvalue weighted by Crippen LogP contribution is 2.57. The molecule has 1 aromatic carbocycles. The number of carbonyl (C=O) groups excluding carboxylic acids is 1. The van der Waals surface area contributed by atoms with Crippen LogP contribution in [0, 0.1) is 27.9 Å². The van der Waals surface area contributed by atoms with E-state index in [0.717, 1.165) is 19.3 Å². The normalized spacial score (nSPS) is 32.2. The summed E-state index contributed by atoms with van der Waals surface area (Å²) in [6.07, 6.45) is 4.94. The van der Waals surface area contributed by atoms with Crippen molar-refractivity contribution in [2.45, 2.75) is 49.0 Å². The van der Waals surface area contributed by atoms with E-state index in [2.05, 4.69) is 0 Å². The first-order chi connectivity index (χ1) is 12.3. The number of benzene rings is 1. The zero-order valence-electron chi connectivity index (χ0n) is 14.2. The summed E-state index contributed by atoms with van der Waals surface area (Å²) in [6.45, 7) is 0. The molecule has 0 saturated heterocycles. The van der Waals surface area contributed by atoms with Crippen molar-refractivity contribution >= 4 is 16.1 Å².